The molecule has 0 bridgehead atoms. The van der Waals surface area contributed by atoms with Crippen LogP contribution < -0.4 is 0 Å². The zero-order chi connectivity index (χ0) is 24.2. The van der Waals surface area contributed by atoms with Crippen LogP contribution in [-0.4, -0.2) is 67.5 Å². The molecule has 0 N–H and O–H groups in total. The van der Waals surface area contributed by atoms with Gasteiger partial charge < -0.3 is 9.64 Å². The van der Waals surface area contributed by atoms with Crippen molar-refractivity contribution in [3.05, 3.63) is 69.8 Å². The van der Waals surface area contributed by atoms with Gasteiger partial charge in [-0.3, -0.25) is 14.9 Å². The molecule has 2 aromatic rings. The van der Waals surface area contributed by atoms with Gasteiger partial charge in [0.1, 0.15) is 6.54 Å². The van der Waals surface area contributed by atoms with Gasteiger partial charge in [0, 0.05) is 30.3 Å². The fourth-order valence-electron chi connectivity index (χ4n) is 3.35. The molecule has 1 amide bonds. The molecule has 3 rings (SSSR count). The minimum absolute atomic E-state index is 0.0859. The summed E-state index contributed by atoms with van der Waals surface area (Å²) >= 11 is 0. The summed E-state index contributed by atoms with van der Waals surface area (Å²) in [6, 6.07) is 9.87. The Morgan fingerprint density at radius 1 is 1.12 bits per heavy atom. The van der Waals surface area contributed by atoms with Gasteiger partial charge in [-0.2, -0.15) is 17.5 Å². The van der Waals surface area contributed by atoms with Crippen LogP contribution >= 0.6 is 0 Å². The molecule has 0 saturated carbocycles. The molecule has 1 fully saturated rings. The molecule has 0 unspecified atom stereocenters. The number of hydrogen-bond donors (Lipinski definition) is 0. The molecule has 0 atom stereocenters. The van der Waals surface area contributed by atoms with Crippen molar-refractivity contribution >= 4 is 21.6 Å². The average Bonchev–Trinajstić information content (AvgIpc) is 2.78. The third kappa shape index (κ3) is 6.06. The highest BCUT2D eigenvalue weighted by atomic mass is 32.2. The summed E-state index contributed by atoms with van der Waals surface area (Å²) in [6.45, 7) is -1.73. The Balaban J connectivity index is 1.94. The maximum atomic E-state index is 13.2. The summed E-state index contributed by atoms with van der Waals surface area (Å²) < 4.78 is 71.7. The quantitative estimate of drug-likeness (QED) is 0.439. The second kappa shape index (κ2) is 9.85. The molecule has 9 nitrogen and oxygen atoms in total. The highest BCUT2D eigenvalue weighted by molar-refractivity contribution is 7.89. The van der Waals surface area contributed by atoms with E-state index in [4.69, 9.17) is 4.74 Å². The summed E-state index contributed by atoms with van der Waals surface area (Å²) in [5, 5.41) is 11.2. The number of benzene rings is 2. The van der Waals surface area contributed by atoms with E-state index >= 15 is 0 Å². The van der Waals surface area contributed by atoms with Gasteiger partial charge in [-0.05, 0) is 18.2 Å². The van der Waals surface area contributed by atoms with Crippen molar-refractivity contribution in [1.29, 1.82) is 0 Å². The van der Waals surface area contributed by atoms with E-state index in [9.17, 15) is 36.5 Å². The number of carbonyl (C=O) groups excluding carboxylic acids is 1. The lowest BCUT2D eigenvalue weighted by atomic mass is 10.1. The number of ether oxygens (including phenoxy) is 1. The van der Waals surface area contributed by atoms with Crippen LogP contribution in [0.3, 0.4) is 0 Å². The number of hydrogen-bond acceptors (Lipinski definition) is 6. The first-order chi connectivity index (χ1) is 15.5. The molecule has 178 valence electrons. The van der Waals surface area contributed by atoms with Crippen molar-refractivity contribution in [3.8, 4) is 0 Å². The number of nitro groups is 1. The standard InChI is InChI=1S/C20H20F3N3O6S/c21-20(22,23)14-24(13-16-4-1-2-7-18(16)26(28)29)19(27)15-5-3-6-17(12-15)33(30,31)25-8-10-32-11-9-25/h1-7,12H,8-11,13-14H2. The van der Waals surface area contributed by atoms with E-state index in [1.54, 1.807) is 0 Å². The Kier molecular flexibility index (Phi) is 7.34. The van der Waals surface area contributed by atoms with Crippen LogP contribution in [0.2, 0.25) is 0 Å². The Morgan fingerprint density at radius 2 is 1.79 bits per heavy atom. The van der Waals surface area contributed by atoms with Gasteiger partial charge in [-0.1, -0.05) is 24.3 Å². The van der Waals surface area contributed by atoms with Crippen molar-refractivity contribution in [2.45, 2.75) is 17.6 Å². The van der Waals surface area contributed by atoms with Crippen LogP contribution in [0.1, 0.15) is 15.9 Å². The Bertz CT molecular complexity index is 1130. The van der Waals surface area contributed by atoms with E-state index in [0.29, 0.717) is 4.90 Å². The van der Waals surface area contributed by atoms with Crippen molar-refractivity contribution in [1.82, 2.24) is 9.21 Å². The summed E-state index contributed by atoms with van der Waals surface area (Å²) in [7, 11) is -3.98. The number of halogens is 3. The van der Waals surface area contributed by atoms with Gasteiger partial charge in [0.2, 0.25) is 10.0 Å². The predicted octanol–water partition coefficient (Wildman–Crippen LogP) is 2.82. The molecule has 0 aliphatic carbocycles. The van der Waals surface area contributed by atoms with E-state index in [2.05, 4.69) is 0 Å². The summed E-state index contributed by atoms with van der Waals surface area (Å²) in [5.41, 5.74) is -0.800. The van der Waals surface area contributed by atoms with Crippen LogP contribution in [0.25, 0.3) is 0 Å². The fraction of sp³-hybridized carbons (Fsp3) is 0.350. The monoisotopic (exact) mass is 487 g/mol. The number of rotatable bonds is 7. The SMILES string of the molecule is O=C(c1cccc(S(=O)(=O)N2CCOCC2)c1)N(Cc1ccccc1[N+](=O)[O-])CC(F)(F)F. The first-order valence-corrected chi connectivity index (χ1v) is 11.2. The number of nitro benzene ring substituents is 1. The number of carbonyl (C=O) groups is 1. The first kappa shape index (κ1) is 24.6. The zero-order valence-corrected chi connectivity index (χ0v) is 18.0. The van der Waals surface area contributed by atoms with Crippen LogP contribution in [0.5, 0.6) is 0 Å². The highest BCUT2D eigenvalue weighted by Gasteiger charge is 2.35. The molecule has 13 heteroatoms. The zero-order valence-electron chi connectivity index (χ0n) is 17.2. The van der Waals surface area contributed by atoms with Crippen molar-refractivity contribution < 1.29 is 36.0 Å². The number of alkyl halides is 3. The normalized spacial score (nSPS) is 15.2. The second-order valence-corrected chi connectivity index (χ2v) is 9.14. The van der Waals surface area contributed by atoms with E-state index in [-0.39, 0.29) is 42.3 Å². The van der Waals surface area contributed by atoms with Crippen LogP contribution in [0, 0.1) is 10.1 Å². The van der Waals surface area contributed by atoms with Crippen molar-refractivity contribution in [3.63, 3.8) is 0 Å². The molecule has 1 saturated heterocycles. The molecule has 2 aromatic carbocycles. The number of para-hydroxylation sites is 1. The number of nitrogens with zero attached hydrogens (tertiary/aromatic N) is 3. The lowest BCUT2D eigenvalue weighted by Crippen LogP contribution is -2.41. The Labute approximate surface area is 187 Å². The van der Waals surface area contributed by atoms with Crippen molar-refractivity contribution in [2.75, 3.05) is 32.8 Å². The largest absolute Gasteiger partial charge is 0.406 e. The lowest BCUT2D eigenvalue weighted by Gasteiger charge is -2.27. The lowest BCUT2D eigenvalue weighted by molar-refractivity contribution is -0.385. The minimum atomic E-state index is -4.78. The summed E-state index contributed by atoms with van der Waals surface area (Å²) in [6.07, 6.45) is -4.78. The van der Waals surface area contributed by atoms with Gasteiger partial charge >= 0.3 is 6.18 Å². The molecule has 1 heterocycles. The fourth-order valence-corrected chi connectivity index (χ4v) is 4.81. The molecule has 1 aliphatic heterocycles. The molecular formula is C20H20F3N3O6S. The Hall–Kier alpha value is -3.03. The second-order valence-electron chi connectivity index (χ2n) is 7.21. The van der Waals surface area contributed by atoms with E-state index in [0.717, 1.165) is 12.1 Å². The number of amides is 1. The van der Waals surface area contributed by atoms with Gasteiger partial charge in [0.15, 0.2) is 0 Å². The van der Waals surface area contributed by atoms with Gasteiger partial charge in [-0.15, -0.1) is 0 Å². The van der Waals surface area contributed by atoms with Gasteiger partial charge in [0.05, 0.1) is 29.6 Å². The van der Waals surface area contributed by atoms with Gasteiger partial charge in [-0.25, -0.2) is 8.42 Å². The third-order valence-corrected chi connectivity index (χ3v) is 6.79. The van der Waals surface area contributed by atoms with Gasteiger partial charge in [0.25, 0.3) is 11.6 Å². The van der Waals surface area contributed by atoms with Crippen LogP contribution in [-0.2, 0) is 21.3 Å². The van der Waals surface area contributed by atoms with E-state index in [1.807, 2.05) is 0 Å². The number of sulfonamides is 1. The average molecular weight is 487 g/mol. The highest BCUT2D eigenvalue weighted by Crippen LogP contribution is 2.25. The van der Waals surface area contributed by atoms with Crippen LogP contribution in [0.15, 0.2) is 53.4 Å². The summed E-state index contributed by atoms with van der Waals surface area (Å²) in [5.74, 6) is -1.11. The molecule has 0 radical (unpaired) electrons. The molecule has 0 aromatic heterocycles. The molecule has 0 spiro atoms. The van der Waals surface area contributed by atoms with E-state index < -0.39 is 45.8 Å². The first-order valence-electron chi connectivity index (χ1n) is 9.75. The topological polar surface area (TPSA) is 110 Å². The molecule has 33 heavy (non-hydrogen) atoms. The third-order valence-electron chi connectivity index (χ3n) is 4.90. The smallest absolute Gasteiger partial charge is 0.379 e. The number of morpholine rings is 1. The maximum absolute atomic E-state index is 13.2. The molecule has 1 aliphatic rings. The van der Waals surface area contributed by atoms with Crippen LogP contribution in [0.4, 0.5) is 18.9 Å². The summed E-state index contributed by atoms with van der Waals surface area (Å²) in [4.78, 5) is 23.6. The molecular weight excluding hydrogens is 467 g/mol. The predicted molar refractivity (Wildman–Crippen MR) is 110 cm³/mol. The van der Waals surface area contributed by atoms with E-state index in [1.165, 1.54) is 40.7 Å². The minimum Gasteiger partial charge on any atom is -0.379 e. The Morgan fingerprint density at radius 3 is 2.42 bits per heavy atom. The maximum Gasteiger partial charge on any atom is 0.406 e. The van der Waals surface area contributed by atoms with Crippen molar-refractivity contribution in [2.24, 2.45) is 0 Å².